The van der Waals surface area contributed by atoms with E-state index in [2.05, 4.69) is 25.7 Å². The molecule has 2 N–H and O–H groups in total. The van der Waals surface area contributed by atoms with E-state index in [4.69, 9.17) is 17.3 Å². The van der Waals surface area contributed by atoms with E-state index in [0.29, 0.717) is 6.04 Å². The van der Waals surface area contributed by atoms with Crippen molar-refractivity contribution in [1.29, 1.82) is 0 Å². The van der Waals surface area contributed by atoms with E-state index in [1.54, 1.807) is 0 Å². The summed E-state index contributed by atoms with van der Waals surface area (Å²) >= 11 is 6.28. The lowest BCUT2D eigenvalue weighted by molar-refractivity contribution is 0.596. The van der Waals surface area contributed by atoms with Crippen LogP contribution in [0.15, 0.2) is 18.2 Å². The SMILES string of the molecule is CCCCN(c1c(N)cccc1Cl)C(C)CC. The summed E-state index contributed by atoms with van der Waals surface area (Å²) in [5, 5.41) is 0.751. The number of hydrogen-bond acceptors (Lipinski definition) is 2. The summed E-state index contributed by atoms with van der Waals surface area (Å²) in [6, 6.07) is 6.19. The van der Waals surface area contributed by atoms with Gasteiger partial charge in [-0.3, -0.25) is 0 Å². The topological polar surface area (TPSA) is 29.3 Å². The van der Waals surface area contributed by atoms with E-state index in [1.807, 2.05) is 18.2 Å². The van der Waals surface area contributed by atoms with Crippen molar-refractivity contribution in [3.8, 4) is 0 Å². The van der Waals surface area contributed by atoms with Gasteiger partial charge in [-0.1, -0.05) is 37.9 Å². The van der Waals surface area contributed by atoms with Crippen LogP contribution in [0.1, 0.15) is 40.0 Å². The molecule has 0 amide bonds. The van der Waals surface area contributed by atoms with Crippen molar-refractivity contribution in [2.75, 3.05) is 17.2 Å². The molecule has 0 bridgehead atoms. The van der Waals surface area contributed by atoms with Crippen molar-refractivity contribution in [3.63, 3.8) is 0 Å². The Labute approximate surface area is 110 Å². The Morgan fingerprint density at radius 3 is 2.59 bits per heavy atom. The molecule has 0 aromatic heterocycles. The minimum atomic E-state index is 0.462. The Bertz CT molecular complexity index is 332. The zero-order chi connectivity index (χ0) is 12.8. The van der Waals surface area contributed by atoms with Gasteiger partial charge in [-0.25, -0.2) is 0 Å². The fourth-order valence-electron chi connectivity index (χ4n) is 1.94. The molecule has 0 heterocycles. The van der Waals surface area contributed by atoms with Crippen LogP contribution in [0.25, 0.3) is 0 Å². The number of rotatable bonds is 6. The molecule has 0 aliphatic heterocycles. The third kappa shape index (κ3) is 3.53. The molecule has 3 heteroatoms. The van der Waals surface area contributed by atoms with Gasteiger partial charge < -0.3 is 10.6 Å². The quantitative estimate of drug-likeness (QED) is 0.766. The lowest BCUT2D eigenvalue weighted by Crippen LogP contribution is -2.34. The average molecular weight is 255 g/mol. The molecule has 1 aromatic carbocycles. The number of hydrogen-bond donors (Lipinski definition) is 1. The van der Waals surface area contributed by atoms with Crippen molar-refractivity contribution in [1.82, 2.24) is 0 Å². The molecular formula is C14H23ClN2. The second kappa shape index (κ2) is 6.75. The summed E-state index contributed by atoms with van der Waals surface area (Å²) in [5.74, 6) is 0. The first kappa shape index (κ1) is 14.2. The average Bonchev–Trinajstić information content (AvgIpc) is 2.32. The van der Waals surface area contributed by atoms with Crippen LogP contribution in [0.5, 0.6) is 0 Å². The fourth-order valence-corrected chi connectivity index (χ4v) is 2.23. The van der Waals surface area contributed by atoms with Crippen molar-refractivity contribution >= 4 is 23.0 Å². The standard InChI is InChI=1S/C14H23ClN2/c1-4-6-10-17(11(3)5-2)14-12(15)8-7-9-13(14)16/h7-9,11H,4-6,10,16H2,1-3H3. The summed E-state index contributed by atoms with van der Waals surface area (Å²) in [4.78, 5) is 2.33. The van der Waals surface area contributed by atoms with Gasteiger partial charge in [0.05, 0.1) is 16.4 Å². The van der Waals surface area contributed by atoms with Crippen molar-refractivity contribution in [2.45, 2.75) is 46.1 Å². The zero-order valence-electron chi connectivity index (χ0n) is 11.0. The van der Waals surface area contributed by atoms with E-state index in [0.717, 1.165) is 35.8 Å². The number of anilines is 2. The molecule has 0 spiro atoms. The molecule has 0 saturated carbocycles. The van der Waals surface area contributed by atoms with Crippen LogP contribution in [0.2, 0.25) is 5.02 Å². The second-order valence-corrected chi connectivity index (χ2v) is 4.89. The molecule has 1 unspecified atom stereocenters. The highest BCUT2D eigenvalue weighted by Gasteiger charge is 2.17. The minimum Gasteiger partial charge on any atom is -0.397 e. The summed E-state index contributed by atoms with van der Waals surface area (Å²) in [6.45, 7) is 7.62. The van der Waals surface area contributed by atoms with Gasteiger partial charge in [0.25, 0.3) is 0 Å². The highest BCUT2D eigenvalue weighted by molar-refractivity contribution is 6.34. The van der Waals surface area contributed by atoms with Gasteiger partial charge in [-0.15, -0.1) is 0 Å². The highest BCUT2D eigenvalue weighted by Crippen LogP contribution is 2.33. The summed E-state index contributed by atoms with van der Waals surface area (Å²) in [6.07, 6.45) is 3.43. The van der Waals surface area contributed by atoms with Crippen molar-refractivity contribution in [2.24, 2.45) is 0 Å². The predicted octanol–water partition coefficient (Wildman–Crippen LogP) is 4.33. The maximum atomic E-state index is 6.28. The van der Waals surface area contributed by atoms with Crippen LogP contribution in [-0.4, -0.2) is 12.6 Å². The largest absolute Gasteiger partial charge is 0.397 e. The molecule has 0 fully saturated rings. The number of nitrogens with two attached hydrogens (primary N) is 1. The lowest BCUT2D eigenvalue weighted by atomic mass is 10.1. The van der Waals surface area contributed by atoms with Crippen LogP contribution in [0.4, 0.5) is 11.4 Å². The number of halogens is 1. The molecule has 1 aromatic rings. The van der Waals surface area contributed by atoms with Crippen LogP contribution in [0.3, 0.4) is 0 Å². The van der Waals surface area contributed by atoms with E-state index < -0.39 is 0 Å². The Morgan fingerprint density at radius 2 is 2.06 bits per heavy atom. The second-order valence-electron chi connectivity index (χ2n) is 4.48. The summed E-state index contributed by atoms with van der Waals surface area (Å²) in [5.41, 5.74) is 7.83. The maximum absolute atomic E-state index is 6.28. The molecule has 0 aliphatic carbocycles. The van der Waals surface area contributed by atoms with E-state index in [-0.39, 0.29) is 0 Å². The number of unbranched alkanes of at least 4 members (excludes halogenated alkanes) is 1. The Kier molecular flexibility index (Phi) is 5.63. The van der Waals surface area contributed by atoms with Gasteiger partial charge in [-0.05, 0) is 31.9 Å². The molecule has 0 radical (unpaired) electrons. The number of para-hydroxylation sites is 1. The zero-order valence-corrected chi connectivity index (χ0v) is 11.8. The maximum Gasteiger partial charge on any atom is 0.0791 e. The Balaban J connectivity index is 3.03. The molecule has 2 nitrogen and oxygen atoms in total. The number of nitrogens with zero attached hydrogens (tertiary/aromatic N) is 1. The number of nitrogen functional groups attached to an aromatic ring is 1. The van der Waals surface area contributed by atoms with E-state index in [9.17, 15) is 0 Å². The smallest absolute Gasteiger partial charge is 0.0791 e. The first-order chi connectivity index (χ1) is 8.11. The summed E-state index contributed by atoms with van der Waals surface area (Å²) < 4.78 is 0. The van der Waals surface area contributed by atoms with Gasteiger partial charge in [0.15, 0.2) is 0 Å². The van der Waals surface area contributed by atoms with E-state index in [1.165, 1.54) is 6.42 Å². The molecule has 17 heavy (non-hydrogen) atoms. The molecule has 1 rings (SSSR count). The normalized spacial score (nSPS) is 12.5. The Hall–Kier alpha value is -0.890. The molecular weight excluding hydrogens is 232 g/mol. The third-order valence-corrected chi connectivity index (χ3v) is 3.49. The van der Waals surface area contributed by atoms with E-state index >= 15 is 0 Å². The molecule has 96 valence electrons. The summed E-state index contributed by atoms with van der Waals surface area (Å²) in [7, 11) is 0. The third-order valence-electron chi connectivity index (χ3n) is 3.18. The lowest BCUT2D eigenvalue weighted by Gasteiger charge is -2.32. The van der Waals surface area contributed by atoms with Crippen LogP contribution in [-0.2, 0) is 0 Å². The highest BCUT2D eigenvalue weighted by atomic mass is 35.5. The van der Waals surface area contributed by atoms with Gasteiger partial charge in [0.2, 0.25) is 0 Å². The first-order valence-corrected chi connectivity index (χ1v) is 6.80. The minimum absolute atomic E-state index is 0.462. The van der Waals surface area contributed by atoms with Gasteiger partial charge in [0.1, 0.15) is 0 Å². The number of benzene rings is 1. The Morgan fingerprint density at radius 1 is 1.35 bits per heavy atom. The van der Waals surface area contributed by atoms with Crippen LogP contribution >= 0.6 is 11.6 Å². The fraction of sp³-hybridized carbons (Fsp3) is 0.571. The van der Waals surface area contributed by atoms with Crippen molar-refractivity contribution in [3.05, 3.63) is 23.2 Å². The van der Waals surface area contributed by atoms with Crippen LogP contribution < -0.4 is 10.6 Å². The van der Waals surface area contributed by atoms with Crippen LogP contribution in [0, 0.1) is 0 Å². The predicted molar refractivity (Wildman–Crippen MR) is 77.9 cm³/mol. The monoisotopic (exact) mass is 254 g/mol. The van der Waals surface area contributed by atoms with Gasteiger partial charge in [-0.2, -0.15) is 0 Å². The van der Waals surface area contributed by atoms with Gasteiger partial charge in [0, 0.05) is 12.6 Å². The first-order valence-electron chi connectivity index (χ1n) is 6.42. The molecule has 1 atom stereocenters. The van der Waals surface area contributed by atoms with Gasteiger partial charge >= 0.3 is 0 Å². The molecule has 0 saturated heterocycles. The van der Waals surface area contributed by atoms with Crippen molar-refractivity contribution < 1.29 is 0 Å². The molecule has 0 aliphatic rings.